The van der Waals surface area contributed by atoms with Gasteiger partial charge in [-0.2, -0.15) is 0 Å². The van der Waals surface area contributed by atoms with Crippen molar-refractivity contribution in [2.75, 3.05) is 45.9 Å². The Morgan fingerprint density at radius 3 is 2.76 bits per heavy atom. The van der Waals surface area contributed by atoms with Gasteiger partial charge in [-0.1, -0.05) is 0 Å². The van der Waals surface area contributed by atoms with Gasteiger partial charge in [-0.3, -0.25) is 9.69 Å². The molecule has 0 aliphatic carbocycles. The van der Waals surface area contributed by atoms with Gasteiger partial charge in [-0.25, -0.2) is 0 Å². The first kappa shape index (κ1) is 12.8. The molecule has 17 heavy (non-hydrogen) atoms. The van der Waals surface area contributed by atoms with Crippen molar-refractivity contribution in [3.63, 3.8) is 0 Å². The normalized spacial score (nSPS) is 24.1. The lowest BCUT2D eigenvalue weighted by molar-refractivity contribution is -0.123. The molecule has 2 fully saturated rings. The van der Waals surface area contributed by atoms with Crippen LogP contribution in [0.1, 0.15) is 13.3 Å². The van der Waals surface area contributed by atoms with E-state index in [-0.39, 0.29) is 11.9 Å². The minimum atomic E-state index is 0.192. The zero-order chi connectivity index (χ0) is 12.1. The lowest BCUT2D eigenvalue weighted by Crippen LogP contribution is -2.48. The summed E-state index contributed by atoms with van der Waals surface area (Å²) in [4.78, 5) is 14.1. The van der Waals surface area contributed by atoms with Crippen LogP contribution >= 0.6 is 0 Å². The third-order valence-electron chi connectivity index (χ3n) is 3.38. The van der Waals surface area contributed by atoms with Crippen LogP contribution in [0.3, 0.4) is 0 Å². The Labute approximate surface area is 103 Å². The average Bonchev–Trinajstić information content (AvgIpc) is 2.25. The van der Waals surface area contributed by atoms with Gasteiger partial charge < -0.3 is 15.4 Å². The molecule has 2 aliphatic heterocycles. The first-order valence-corrected chi connectivity index (χ1v) is 6.54. The molecule has 98 valence electrons. The van der Waals surface area contributed by atoms with Crippen LogP contribution in [0.2, 0.25) is 0 Å². The number of amides is 1. The van der Waals surface area contributed by atoms with E-state index >= 15 is 0 Å². The Balaban J connectivity index is 1.61. The second-order valence-corrected chi connectivity index (χ2v) is 5.11. The monoisotopic (exact) mass is 241 g/mol. The minimum absolute atomic E-state index is 0.192. The van der Waals surface area contributed by atoms with Crippen molar-refractivity contribution >= 4 is 5.91 Å². The van der Waals surface area contributed by atoms with Crippen molar-refractivity contribution in [1.82, 2.24) is 15.5 Å². The minimum Gasteiger partial charge on any atom is -0.379 e. The van der Waals surface area contributed by atoms with Crippen molar-refractivity contribution in [2.24, 2.45) is 5.92 Å². The molecule has 2 aliphatic rings. The van der Waals surface area contributed by atoms with Gasteiger partial charge in [0.1, 0.15) is 0 Å². The van der Waals surface area contributed by atoms with Crippen LogP contribution in [0.5, 0.6) is 0 Å². The van der Waals surface area contributed by atoms with E-state index in [2.05, 4.69) is 22.5 Å². The summed E-state index contributed by atoms with van der Waals surface area (Å²) in [5.41, 5.74) is 0. The molecule has 0 bridgehead atoms. The third kappa shape index (κ3) is 4.26. The first-order valence-electron chi connectivity index (χ1n) is 6.54. The van der Waals surface area contributed by atoms with Crippen molar-refractivity contribution in [1.29, 1.82) is 0 Å². The van der Waals surface area contributed by atoms with E-state index in [1.165, 1.54) is 0 Å². The fourth-order valence-corrected chi connectivity index (χ4v) is 2.31. The highest BCUT2D eigenvalue weighted by Gasteiger charge is 2.21. The van der Waals surface area contributed by atoms with E-state index in [0.29, 0.717) is 12.3 Å². The van der Waals surface area contributed by atoms with Crippen LogP contribution in [-0.2, 0) is 9.53 Å². The van der Waals surface area contributed by atoms with Gasteiger partial charge in [0.25, 0.3) is 0 Å². The van der Waals surface area contributed by atoms with E-state index in [1.807, 2.05) is 0 Å². The SMILES string of the molecule is CC(CN1CCOCC1)NC(=O)CC1CNC1. The predicted octanol–water partition coefficient (Wildman–Crippen LogP) is -0.567. The van der Waals surface area contributed by atoms with Crippen molar-refractivity contribution in [3.05, 3.63) is 0 Å². The second-order valence-electron chi connectivity index (χ2n) is 5.11. The van der Waals surface area contributed by atoms with E-state index in [0.717, 1.165) is 45.9 Å². The summed E-state index contributed by atoms with van der Waals surface area (Å²) in [5, 5.41) is 6.26. The standard InChI is InChI=1S/C12H23N3O2/c1-10(9-15-2-4-17-5-3-15)14-12(16)6-11-7-13-8-11/h10-11,13H,2-9H2,1H3,(H,14,16). The summed E-state index contributed by atoms with van der Waals surface area (Å²) in [6, 6.07) is 0.230. The number of morpholine rings is 1. The van der Waals surface area contributed by atoms with Gasteiger partial charge in [-0.15, -0.1) is 0 Å². The van der Waals surface area contributed by atoms with Crippen LogP contribution in [0.4, 0.5) is 0 Å². The van der Waals surface area contributed by atoms with Crippen LogP contribution in [0.25, 0.3) is 0 Å². The molecule has 0 spiro atoms. The number of ether oxygens (including phenoxy) is 1. The summed E-state index contributed by atoms with van der Waals surface area (Å²) < 4.78 is 5.30. The number of rotatable bonds is 5. The van der Waals surface area contributed by atoms with Gasteiger partial charge in [0.05, 0.1) is 13.2 Å². The molecule has 1 atom stereocenters. The molecule has 2 N–H and O–H groups in total. The summed E-state index contributed by atoms with van der Waals surface area (Å²) in [6.45, 7) is 8.57. The number of hydrogen-bond acceptors (Lipinski definition) is 4. The molecule has 0 saturated carbocycles. The fourth-order valence-electron chi connectivity index (χ4n) is 2.31. The average molecular weight is 241 g/mol. The molecule has 0 aromatic carbocycles. The molecular weight excluding hydrogens is 218 g/mol. The molecule has 5 heteroatoms. The fraction of sp³-hybridized carbons (Fsp3) is 0.917. The first-order chi connectivity index (χ1) is 8.24. The quantitative estimate of drug-likeness (QED) is 0.677. The van der Waals surface area contributed by atoms with Crippen LogP contribution in [-0.4, -0.2) is 62.8 Å². The van der Waals surface area contributed by atoms with Gasteiger partial charge in [-0.05, 0) is 25.9 Å². The lowest BCUT2D eigenvalue weighted by atomic mass is 9.99. The van der Waals surface area contributed by atoms with Crippen LogP contribution in [0, 0.1) is 5.92 Å². The maximum Gasteiger partial charge on any atom is 0.220 e. The maximum atomic E-state index is 11.7. The molecule has 1 unspecified atom stereocenters. The van der Waals surface area contributed by atoms with E-state index in [9.17, 15) is 4.79 Å². The molecule has 1 amide bonds. The lowest BCUT2D eigenvalue weighted by Gasteiger charge is -2.30. The van der Waals surface area contributed by atoms with E-state index < -0.39 is 0 Å². The Morgan fingerprint density at radius 2 is 2.18 bits per heavy atom. The Morgan fingerprint density at radius 1 is 1.47 bits per heavy atom. The van der Waals surface area contributed by atoms with Crippen molar-refractivity contribution in [2.45, 2.75) is 19.4 Å². The van der Waals surface area contributed by atoms with Gasteiger partial charge >= 0.3 is 0 Å². The van der Waals surface area contributed by atoms with Crippen molar-refractivity contribution in [3.8, 4) is 0 Å². The van der Waals surface area contributed by atoms with Crippen molar-refractivity contribution < 1.29 is 9.53 Å². The van der Waals surface area contributed by atoms with Gasteiger partial charge in [0, 0.05) is 32.1 Å². The summed E-state index contributed by atoms with van der Waals surface area (Å²) in [6.07, 6.45) is 0.667. The maximum absolute atomic E-state index is 11.7. The van der Waals surface area contributed by atoms with Crippen LogP contribution < -0.4 is 10.6 Å². The number of carbonyl (C=O) groups excluding carboxylic acids is 1. The molecule has 0 aromatic heterocycles. The molecule has 0 aromatic rings. The third-order valence-corrected chi connectivity index (χ3v) is 3.38. The number of nitrogens with zero attached hydrogens (tertiary/aromatic N) is 1. The highest BCUT2D eigenvalue weighted by molar-refractivity contribution is 5.76. The topological polar surface area (TPSA) is 53.6 Å². The number of carbonyl (C=O) groups is 1. The number of nitrogens with one attached hydrogen (secondary N) is 2. The Bertz CT molecular complexity index is 250. The van der Waals surface area contributed by atoms with E-state index in [1.54, 1.807) is 0 Å². The second kappa shape index (κ2) is 6.33. The highest BCUT2D eigenvalue weighted by Crippen LogP contribution is 2.08. The molecule has 0 radical (unpaired) electrons. The number of hydrogen-bond donors (Lipinski definition) is 2. The Kier molecular flexibility index (Phi) is 4.76. The zero-order valence-corrected chi connectivity index (χ0v) is 10.6. The molecular formula is C12H23N3O2. The van der Waals surface area contributed by atoms with Gasteiger partial charge in [0.15, 0.2) is 0 Å². The molecule has 2 saturated heterocycles. The molecule has 5 nitrogen and oxygen atoms in total. The van der Waals surface area contributed by atoms with E-state index in [4.69, 9.17) is 4.74 Å². The smallest absolute Gasteiger partial charge is 0.220 e. The summed E-state index contributed by atoms with van der Waals surface area (Å²) >= 11 is 0. The molecule has 2 rings (SSSR count). The molecule has 2 heterocycles. The highest BCUT2D eigenvalue weighted by atomic mass is 16.5. The van der Waals surface area contributed by atoms with Crippen LogP contribution in [0.15, 0.2) is 0 Å². The predicted molar refractivity (Wildman–Crippen MR) is 65.8 cm³/mol. The largest absolute Gasteiger partial charge is 0.379 e. The summed E-state index contributed by atoms with van der Waals surface area (Å²) in [7, 11) is 0. The Hall–Kier alpha value is -0.650. The summed E-state index contributed by atoms with van der Waals surface area (Å²) in [5.74, 6) is 0.739. The van der Waals surface area contributed by atoms with Gasteiger partial charge in [0.2, 0.25) is 5.91 Å². The zero-order valence-electron chi connectivity index (χ0n) is 10.6.